The van der Waals surface area contributed by atoms with Gasteiger partial charge in [0.15, 0.2) is 0 Å². The molecule has 2 aromatic carbocycles. The van der Waals surface area contributed by atoms with Crippen molar-refractivity contribution in [3.63, 3.8) is 0 Å². The fraction of sp³-hybridized carbons (Fsp3) is 0.176. The van der Waals surface area contributed by atoms with Gasteiger partial charge in [-0.2, -0.15) is 0 Å². The molecule has 2 aromatic rings. The van der Waals surface area contributed by atoms with Crippen LogP contribution in [0.5, 0.6) is 0 Å². The third-order valence-electron chi connectivity index (χ3n) is 3.45. The summed E-state index contributed by atoms with van der Waals surface area (Å²) in [6.07, 6.45) is 0. The maximum Gasteiger partial charge on any atom is 0.258 e. The van der Waals surface area contributed by atoms with Gasteiger partial charge in [-0.05, 0) is 37.6 Å². The molecule has 2 N–H and O–H groups in total. The van der Waals surface area contributed by atoms with Gasteiger partial charge in [0.2, 0.25) is 0 Å². The Morgan fingerprint density at radius 1 is 1.14 bits per heavy atom. The summed E-state index contributed by atoms with van der Waals surface area (Å²) < 4.78 is 0. The minimum Gasteiger partial charge on any atom is -0.389 e. The van der Waals surface area contributed by atoms with Crippen molar-refractivity contribution in [2.75, 3.05) is 11.9 Å². The van der Waals surface area contributed by atoms with Crippen LogP contribution < -0.4 is 10.6 Å². The number of anilines is 1. The van der Waals surface area contributed by atoms with Gasteiger partial charge in [0.1, 0.15) is 4.99 Å². The molecule has 0 atom stereocenters. The number of thiocarbonyl (C=S) groups is 1. The van der Waals surface area contributed by atoms with Crippen LogP contribution in [0.2, 0.25) is 0 Å². The molecule has 0 aliphatic rings. The Kier molecular flexibility index (Phi) is 4.38. The van der Waals surface area contributed by atoms with Gasteiger partial charge in [-0.15, -0.1) is 0 Å². The van der Waals surface area contributed by atoms with Gasteiger partial charge >= 0.3 is 0 Å². The first kappa shape index (κ1) is 15.2. The van der Waals surface area contributed by atoms with Crippen molar-refractivity contribution < 1.29 is 4.79 Å². The minimum absolute atomic E-state index is 0.0451. The number of nitrogens with two attached hydrogens (primary N) is 1. The molecule has 3 nitrogen and oxygen atoms in total. The lowest BCUT2D eigenvalue weighted by atomic mass is 10.0. The van der Waals surface area contributed by atoms with Gasteiger partial charge in [0.05, 0.1) is 0 Å². The third kappa shape index (κ3) is 3.28. The van der Waals surface area contributed by atoms with E-state index < -0.39 is 0 Å². The number of hydrogen-bond donors (Lipinski definition) is 1. The number of amides is 1. The Hall–Kier alpha value is -2.20. The molecule has 0 spiro atoms. The first-order chi connectivity index (χ1) is 9.90. The average Bonchev–Trinajstić information content (AvgIpc) is 2.48. The summed E-state index contributed by atoms with van der Waals surface area (Å²) in [7, 11) is 1.75. The molecule has 21 heavy (non-hydrogen) atoms. The van der Waals surface area contributed by atoms with Crippen molar-refractivity contribution in [2.24, 2.45) is 5.73 Å². The summed E-state index contributed by atoms with van der Waals surface area (Å²) in [6.45, 7) is 3.91. The predicted molar refractivity (Wildman–Crippen MR) is 91.0 cm³/mol. The fourth-order valence-corrected chi connectivity index (χ4v) is 2.26. The summed E-state index contributed by atoms with van der Waals surface area (Å²) in [5, 5.41) is 0. The normalized spacial score (nSPS) is 10.2. The lowest BCUT2D eigenvalue weighted by Gasteiger charge is -2.19. The van der Waals surface area contributed by atoms with Crippen LogP contribution in [0.4, 0.5) is 5.69 Å². The van der Waals surface area contributed by atoms with E-state index in [0.717, 1.165) is 22.4 Å². The highest BCUT2D eigenvalue weighted by molar-refractivity contribution is 7.80. The average molecular weight is 298 g/mol. The Morgan fingerprint density at radius 2 is 1.86 bits per heavy atom. The van der Waals surface area contributed by atoms with Crippen molar-refractivity contribution in [3.8, 4) is 0 Å². The standard InChI is InChI=1S/C17H18N2OS/c1-11-7-8-12(2)15(9-11)17(20)19(3)14-6-4-5-13(10-14)16(18)21/h4-10H,1-3H3,(H2,18,21). The zero-order chi connectivity index (χ0) is 15.6. The van der Waals surface area contributed by atoms with Gasteiger partial charge in [-0.25, -0.2) is 0 Å². The summed E-state index contributed by atoms with van der Waals surface area (Å²) in [4.78, 5) is 14.6. The minimum atomic E-state index is -0.0451. The van der Waals surface area contributed by atoms with Crippen LogP contribution >= 0.6 is 12.2 Å². The Morgan fingerprint density at radius 3 is 2.52 bits per heavy atom. The maximum absolute atomic E-state index is 12.7. The smallest absolute Gasteiger partial charge is 0.258 e. The molecule has 0 saturated heterocycles. The molecule has 0 aromatic heterocycles. The second kappa shape index (κ2) is 6.06. The Labute approximate surface area is 130 Å². The van der Waals surface area contributed by atoms with E-state index >= 15 is 0 Å². The molecule has 4 heteroatoms. The van der Waals surface area contributed by atoms with Crippen molar-refractivity contribution in [3.05, 3.63) is 64.7 Å². The molecule has 108 valence electrons. The van der Waals surface area contributed by atoms with E-state index in [1.807, 2.05) is 56.3 Å². The van der Waals surface area contributed by atoms with Crippen LogP contribution in [0.1, 0.15) is 27.0 Å². The van der Waals surface area contributed by atoms with Crippen LogP contribution in [-0.2, 0) is 0 Å². The first-order valence-corrected chi connectivity index (χ1v) is 7.06. The van der Waals surface area contributed by atoms with Crippen LogP contribution in [-0.4, -0.2) is 17.9 Å². The van der Waals surface area contributed by atoms with Crippen LogP contribution in [0, 0.1) is 13.8 Å². The van der Waals surface area contributed by atoms with Gasteiger partial charge in [0, 0.05) is 23.9 Å². The van der Waals surface area contributed by atoms with Crippen molar-refractivity contribution in [2.45, 2.75) is 13.8 Å². The molecule has 1 amide bonds. The zero-order valence-corrected chi connectivity index (χ0v) is 13.2. The van der Waals surface area contributed by atoms with Crippen LogP contribution in [0.3, 0.4) is 0 Å². The molecule has 2 rings (SSSR count). The van der Waals surface area contributed by atoms with Gasteiger partial charge < -0.3 is 10.6 Å². The van der Waals surface area contributed by atoms with E-state index in [-0.39, 0.29) is 5.91 Å². The van der Waals surface area contributed by atoms with Crippen LogP contribution in [0.15, 0.2) is 42.5 Å². The number of carbonyl (C=O) groups is 1. The van der Waals surface area contributed by atoms with Gasteiger partial charge in [-0.3, -0.25) is 4.79 Å². The van der Waals surface area contributed by atoms with E-state index in [1.165, 1.54) is 0 Å². The SMILES string of the molecule is Cc1ccc(C)c(C(=O)N(C)c2cccc(C(N)=S)c2)c1. The largest absolute Gasteiger partial charge is 0.389 e. The number of aryl methyl sites for hydroxylation is 2. The zero-order valence-electron chi connectivity index (χ0n) is 12.4. The lowest BCUT2D eigenvalue weighted by Crippen LogP contribution is -2.27. The third-order valence-corrected chi connectivity index (χ3v) is 3.68. The second-order valence-electron chi connectivity index (χ2n) is 5.10. The molecule has 0 fully saturated rings. The van der Waals surface area contributed by atoms with Crippen LogP contribution in [0.25, 0.3) is 0 Å². The molecular weight excluding hydrogens is 280 g/mol. The molecular formula is C17H18N2OS. The van der Waals surface area contributed by atoms with E-state index in [9.17, 15) is 4.79 Å². The Balaban J connectivity index is 2.37. The summed E-state index contributed by atoms with van der Waals surface area (Å²) >= 11 is 4.98. The van der Waals surface area contributed by atoms with Gasteiger partial charge in [-0.1, -0.05) is 42.0 Å². The number of nitrogens with zero attached hydrogens (tertiary/aromatic N) is 1. The highest BCUT2D eigenvalue weighted by atomic mass is 32.1. The number of benzene rings is 2. The number of carbonyl (C=O) groups excluding carboxylic acids is 1. The predicted octanol–water partition coefficient (Wildman–Crippen LogP) is 3.21. The highest BCUT2D eigenvalue weighted by Crippen LogP contribution is 2.19. The van der Waals surface area contributed by atoms with Gasteiger partial charge in [0.25, 0.3) is 5.91 Å². The lowest BCUT2D eigenvalue weighted by molar-refractivity contribution is 0.0992. The van der Waals surface area contributed by atoms with Crippen molar-refractivity contribution in [1.29, 1.82) is 0 Å². The molecule has 0 saturated carbocycles. The fourth-order valence-electron chi connectivity index (χ4n) is 2.13. The Bertz CT molecular complexity index is 710. The highest BCUT2D eigenvalue weighted by Gasteiger charge is 2.16. The van der Waals surface area contributed by atoms with E-state index in [0.29, 0.717) is 10.6 Å². The molecule has 0 unspecified atom stereocenters. The van der Waals surface area contributed by atoms with Crippen molar-refractivity contribution in [1.82, 2.24) is 0 Å². The monoisotopic (exact) mass is 298 g/mol. The summed E-state index contributed by atoms with van der Waals surface area (Å²) in [5.41, 5.74) is 9.90. The summed E-state index contributed by atoms with van der Waals surface area (Å²) in [6, 6.07) is 13.2. The van der Waals surface area contributed by atoms with E-state index in [4.69, 9.17) is 18.0 Å². The molecule has 0 radical (unpaired) electrons. The topological polar surface area (TPSA) is 46.3 Å². The first-order valence-electron chi connectivity index (χ1n) is 6.65. The number of hydrogen-bond acceptors (Lipinski definition) is 2. The molecule has 0 aliphatic carbocycles. The maximum atomic E-state index is 12.7. The van der Waals surface area contributed by atoms with E-state index in [2.05, 4.69) is 0 Å². The summed E-state index contributed by atoms with van der Waals surface area (Å²) in [5.74, 6) is -0.0451. The van der Waals surface area contributed by atoms with Crippen molar-refractivity contribution >= 4 is 28.8 Å². The molecule has 0 heterocycles. The quantitative estimate of drug-likeness (QED) is 0.885. The van der Waals surface area contributed by atoms with E-state index in [1.54, 1.807) is 11.9 Å². The second-order valence-corrected chi connectivity index (χ2v) is 5.54. The molecule has 0 bridgehead atoms. The number of rotatable bonds is 3. The molecule has 0 aliphatic heterocycles.